The predicted octanol–water partition coefficient (Wildman–Crippen LogP) is 3.17. The maximum absolute atomic E-state index is 5.49. The first-order valence-corrected chi connectivity index (χ1v) is 7.22. The van der Waals surface area contributed by atoms with E-state index in [4.69, 9.17) is 10.5 Å². The molecule has 0 saturated carbocycles. The molecule has 0 aliphatic heterocycles. The third-order valence-corrected chi connectivity index (χ3v) is 3.40. The third kappa shape index (κ3) is 3.84. The summed E-state index contributed by atoms with van der Waals surface area (Å²) in [6.07, 6.45) is 6.50. The van der Waals surface area contributed by atoms with Crippen molar-refractivity contribution in [2.45, 2.75) is 25.7 Å². The van der Waals surface area contributed by atoms with E-state index in [1.807, 2.05) is 24.4 Å². The van der Waals surface area contributed by atoms with Gasteiger partial charge in [0.25, 0.3) is 0 Å². The minimum Gasteiger partial charge on any atom is -0.497 e. The van der Waals surface area contributed by atoms with Crippen LogP contribution in [0.3, 0.4) is 0 Å². The highest BCUT2D eigenvalue weighted by molar-refractivity contribution is 5.92. The Balaban J connectivity index is 1.98. The first kappa shape index (κ1) is 14.6. The standard InChI is InChI=1S/C16H23N3O/c1-20-14-7-6-13-8-11-19-16(15(13)12-14)18-10-5-3-2-4-9-17/h6-8,11-12H,2-5,9-10,17H2,1H3,(H,18,19). The molecule has 0 aliphatic carbocycles. The van der Waals surface area contributed by atoms with Gasteiger partial charge in [0.05, 0.1) is 7.11 Å². The molecule has 0 amide bonds. The summed E-state index contributed by atoms with van der Waals surface area (Å²) in [5, 5.41) is 5.70. The molecule has 1 aromatic heterocycles. The highest BCUT2D eigenvalue weighted by Crippen LogP contribution is 2.25. The zero-order valence-electron chi connectivity index (χ0n) is 12.1. The van der Waals surface area contributed by atoms with Gasteiger partial charge in [-0.15, -0.1) is 0 Å². The molecule has 1 heterocycles. The summed E-state index contributed by atoms with van der Waals surface area (Å²) in [6.45, 7) is 1.73. The molecular formula is C16H23N3O. The molecule has 3 N–H and O–H groups in total. The van der Waals surface area contributed by atoms with Gasteiger partial charge in [0.15, 0.2) is 0 Å². The smallest absolute Gasteiger partial charge is 0.133 e. The molecule has 1 aromatic carbocycles. The summed E-state index contributed by atoms with van der Waals surface area (Å²) < 4.78 is 5.28. The van der Waals surface area contributed by atoms with Gasteiger partial charge in [0, 0.05) is 18.1 Å². The lowest BCUT2D eigenvalue weighted by molar-refractivity contribution is 0.415. The highest BCUT2D eigenvalue weighted by Gasteiger charge is 2.03. The maximum Gasteiger partial charge on any atom is 0.133 e. The molecule has 0 radical (unpaired) electrons. The quantitative estimate of drug-likeness (QED) is 0.725. The van der Waals surface area contributed by atoms with Crippen molar-refractivity contribution in [3.05, 3.63) is 30.5 Å². The van der Waals surface area contributed by atoms with Crippen molar-refractivity contribution in [2.24, 2.45) is 5.73 Å². The summed E-state index contributed by atoms with van der Waals surface area (Å²) in [6, 6.07) is 8.07. The van der Waals surface area contributed by atoms with E-state index >= 15 is 0 Å². The van der Waals surface area contributed by atoms with Crippen LogP contribution in [0.1, 0.15) is 25.7 Å². The van der Waals surface area contributed by atoms with Crippen LogP contribution in [0.2, 0.25) is 0 Å². The topological polar surface area (TPSA) is 60.2 Å². The normalized spacial score (nSPS) is 10.7. The fourth-order valence-corrected chi connectivity index (χ4v) is 2.24. The summed E-state index contributed by atoms with van der Waals surface area (Å²) in [5.74, 6) is 1.79. The molecule has 0 spiro atoms. The van der Waals surface area contributed by atoms with Gasteiger partial charge < -0.3 is 15.8 Å². The second-order valence-corrected chi connectivity index (χ2v) is 4.88. The van der Waals surface area contributed by atoms with Crippen LogP contribution in [0, 0.1) is 0 Å². The van der Waals surface area contributed by atoms with E-state index in [1.54, 1.807) is 7.11 Å². The number of unbranched alkanes of at least 4 members (excludes halogenated alkanes) is 3. The molecule has 0 unspecified atom stereocenters. The number of methoxy groups -OCH3 is 1. The Bertz CT molecular complexity index is 542. The van der Waals surface area contributed by atoms with Gasteiger partial charge in [-0.05, 0) is 43.0 Å². The van der Waals surface area contributed by atoms with Gasteiger partial charge in [-0.2, -0.15) is 0 Å². The number of pyridine rings is 1. The number of benzene rings is 1. The van der Waals surface area contributed by atoms with Crippen LogP contribution in [-0.2, 0) is 0 Å². The molecule has 0 bridgehead atoms. The van der Waals surface area contributed by atoms with Crippen molar-refractivity contribution < 1.29 is 4.74 Å². The molecule has 0 saturated heterocycles. The number of hydrogen-bond donors (Lipinski definition) is 2. The maximum atomic E-state index is 5.49. The average Bonchev–Trinajstić information content (AvgIpc) is 2.50. The average molecular weight is 273 g/mol. The van der Waals surface area contributed by atoms with Crippen molar-refractivity contribution >= 4 is 16.6 Å². The second-order valence-electron chi connectivity index (χ2n) is 4.88. The van der Waals surface area contributed by atoms with Crippen LogP contribution in [0.25, 0.3) is 10.8 Å². The van der Waals surface area contributed by atoms with Crippen molar-refractivity contribution in [1.29, 1.82) is 0 Å². The summed E-state index contributed by atoms with van der Waals surface area (Å²) in [4.78, 5) is 4.43. The Hall–Kier alpha value is -1.81. The van der Waals surface area contributed by atoms with Gasteiger partial charge in [-0.1, -0.05) is 18.9 Å². The van der Waals surface area contributed by atoms with Crippen molar-refractivity contribution in [3.8, 4) is 5.75 Å². The predicted molar refractivity (Wildman–Crippen MR) is 84.3 cm³/mol. The summed E-state index contributed by atoms with van der Waals surface area (Å²) in [5.41, 5.74) is 5.49. The molecule has 0 fully saturated rings. The van der Waals surface area contributed by atoms with Crippen LogP contribution in [-0.4, -0.2) is 25.2 Å². The van der Waals surface area contributed by atoms with Gasteiger partial charge in [-0.25, -0.2) is 4.98 Å². The number of fused-ring (bicyclic) bond motifs is 1. The zero-order chi connectivity index (χ0) is 14.2. The molecular weight excluding hydrogens is 250 g/mol. The lowest BCUT2D eigenvalue weighted by Crippen LogP contribution is -2.04. The van der Waals surface area contributed by atoms with E-state index in [2.05, 4.69) is 16.4 Å². The Labute approximate surface area is 120 Å². The van der Waals surface area contributed by atoms with Gasteiger partial charge in [0.2, 0.25) is 0 Å². The van der Waals surface area contributed by atoms with Crippen LogP contribution < -0.4 is 15.8 Å². The van der Waals surface area contributed by atoms with E-state index in [1.165, 1.54) is 18.2 Å². The number of nitrogens with zero attached hydrogens (tertiary/aromatic N) is 1. The SMILES string of the molecule is COc1ccc2ccnc(NCCCCCCN)c2c1. The largest absolute Gasteiger partial charge is 0.497 e. The Kier molecular flexibility index (Phi) is 5.62. The molecule has 4 nitrogen and oxygen atoms in total. The van der Waals surface area contributed by atoms with E-state index in [0.717, 1.165) is 42.9 Å². The summed E-state index contributed by atoms with van der Waals surface area (Å²) in [7, 11) is 1.68. The zero-order valence-corrected chi connectivity index (χ0v) is 12.1. The van der Waals surface area contributed by atoms with Crippen LogP contribution in [0.4, 0.5) is 5.82 Å². The van der Waals surface area contributed by atoms with Gasteiger partial charge in [-0.3, -0.25) is 0 Å². The fourth-order valence-electron chi connectivity index (χ4n) is 2.24. The number of rotatable bonds is 8. The lowest BCUT2D eigenvalue weighted by atomic mass is 10.1. The molecule has 0 atom stereocenters. The molecule has 2 aromatic rings. The molecule has 2 rings (SSSR count). The van der Waals surface area contributed by atoms with Crippen LogP contribution in [0.5, 0.6) is 5.75 Å². The minimum absolute atomic E-state index is 0.790. The Morgan fingerprint density at radius 2 is 2.00 bits per heavy atom. The van der Waals surface area contributed by atoms with Crippen molar-refractivity contribution in [3.63, 3.8) is 0 Å². The highest BCUT2D eigenvalue weighted by atomic mass is 16.5. The molecule has 4 heteroatoms. The second kappa shape index (κ2) is 7.70. The number of aromatic nitrogens is 1. The van der Waals surface area contributed by atoms with Crippen LogP contribution in [0.15, 0.2) is 30.5 Å². The van der Waals surface area contributed by atoms with E-state index < -0.39 is 0 Å². The monoisotopic (exact) mass is 273 g/mol. The first-order valence-electron chi connectivity index (χ1n) is 7.22. The van der Waals surface area contributed by atoms with E-state index in [-0.39, 0.29) is 0 Å². The third-order valence-electron chi connectivity index (χ3n) is 3.40. The number of anilines is 1. The van der Waals surface area contributed by atoms with E-state index in [0.29, 0.717) is 0 Å². The molecule has 108 valence electrons. The number of ether oxygens (including phenoxy) is 1. The molecule has 0 aliphatic rings. The number of nitrogens with one attached hydrogen (secondary N) is 1. The van der Waals surface area contributed by atoms with E-state index in [9.17, 15) is 0 Å². The van der Waals surface area contributed by atoms with Gasteiger partial charge in [0.1, 0.15) is 11.6 Å². The van der Waals surface area contributed by atoms with Crippen LogP contribution >= 0.6 is 0 Å². The fraction of sp³-hybridized carbons (Fsp3) is 0.438. The Morgan fingerprint density at radius 3 is 2.80 bits per heavy atom. The first-order chi connectivity index (χ1) is 9.85. The Morgan fingerprint density at radius 1 is 1.15 bits per heavy atom. The molecule has 20 heavy (non-hydrogen) atoms. The number of nitrogens with two attached hydrogens (primary N) is 1. The van der Waals surface area contributed by atoms with Crippen molar-refractivity contribution in [1.82, 2.24) is 4.98 Å². The summed E-state index contributed by atoms with van der Waals surface area (Å²) >= 11 is 0. The lowest BCUT2D eigenvalue weighted by Gasteiger charge is -2.09. The number of hydrogen-bond acceptors (Lipinski definition) is 4. The van der Waals surface area contributed by atoms with Gasteiger partial charge >= 0.3 is 0 Å². The minimum atomic E-state index is 0.790. The van der Waals surface area contributed by atoms with Crippen molar-refractivity contribution in [2.75, 3.05) is 25.5 Å².